The molecule has 4 unspecified atom stereocenters. The summed E-state index contributed by atoms with van der Waals surface area (Å²) in [5.41, 5.74) is 2.72. The molecule has 7 heteroatoms. The summed E-state index contributed by atoms with van der Waals surface area (Å²) in [6.07, 6.45) is 4.36. The summed E-state index contributed by atoms with van der Waals surface area (Å²) in [6, 6.07) is 4.07. The van der Waals surface area contributed by atoms with Gasteiger partial charge in [-0.25, -0.2) is 0 Å². The SMILES string of the molecule is CCN1CCNC1C(=O)NC1CCC(C)C(c2cc3cnc(C)cc3n(C)c2=O)C1. The van der Waals surface area contributed by atoms with Crippen LogP contribution in [0.3, 0.4) is 0 Å². The first-order valence-electron chi connectivity index (χ1n) is 11.1. The summed E-state index contributed by atoms with van der Waals surface area (Å²) in [7, 11) is 1.84. The second-order valence-corrected chi connectivity index (χ2v) is 8.94. The van der Waals surface area contributed by atoms with Gasteiger partial charge in [-0.1, -0.05) is 13.8 Å². The quantitative estimate of drug-likeness (QED) is 0.803. The minimum atomic E-state index is -0.240. The number of nitrogens with zero attached hydrogens (tertiary/aromatic N) is 3. The van der Waals surface area contributed by atoms with Crippen LogP contribution in [0.15, 0.2) is 23.1 Å². The van der Waals surface area contributed by atoms with Crippen LogP contribution in [0.5, 0.6) is 0 Å². The fourth-order valence-electron chi connectivity index (χ4n) is 5.12. The van der Waals surface area contributed by atoms with E-state index >= 15 is 0 Å². The van der Waals surface area contributed by atoms with Crippen LogP contribution >= 0.6 is 0 Å². The first kappa shape index (κ1) is 21.0. The van der Waals surface area contributed by atoms with E-state index in [0.717, 1.165) is 61.1 Å². The Hall–Kier alpha value is -2.25. The first-order chi connectivity index (χ1) is 14.4. The highest BCUT2D eigenvalue weighted by atomic mass is 16.2. The Morgan fingerprint density at radius 2 is 2.13 bits per heavy atom. The first-order valence-corrected chi connectivity index (χ1v) is 11.1. The fraction of sp³-hybridized carbons (Fsp3) is 0.609. The predicted octanol–water partition coefficient (Wildman–Crippen LogP) is 1.88. The second kappa shape index (κ2) is 8.47. The molecule has 1 aliphatic heterocycles. The van der Waals surface area contributed by atoms with Crippen molar-refractivity contribution in [2.24, 2.45) is 13.0 Å². The lowest BCUT2D eigenvalue weighted by molar-refractivity contribution is -0.127. The number of fused-ring (bicyclic) bond motifs is 1. The molecular formula is C23H33N5O2. The number of aryl methyl sites for hydroxylation is 2. The topological polar surface area (TPSA) is 79.3 Å². The van der Waals surface area contributed by atoms with E-state index in [1.165, 1.54) is 0 Å². The number of carbonyl (C=O) groups is 1. The summed E-state index contributed by atoms with van der Waals surface area (Å²) < 4.78 is 1.75. The molecule has 0 spiro atoms. The third-order valence-corrected chi connectivity index (χ3v) is 6.97. The number of nitrogens with one attached hydrogen (secondary N) is 2. The molecule has 2 aliphatic rings. The Kier molecular flexibility index (Phi) is 5.93. The van der Waals surface area contributed by atoms with Gasteiger partial charge in [-0.2, -0.15) is 0 Å². The van der Waals surface area contributed by atoms with Crippen molar-refractivity contribution >= 4 is 16.8 Å². The molecule has 0 aromatic carbocycles. The van der Waals surface area contributed by atoms with Gasteiger partial charge in [0.15, 0.2) is 0 Å². The van der Waals surface area contributed by atoms with Crippen molar-refractivity contribution in [2.45, 2.75) is 58.2 Å². The number of carbonyl (C=O) groups excluding carboxylic acids is 1. The van der Waals surface area contributed by atoms with E-state index in [4.69, 9.17) is 0 Å². The van der Waals surface area contributed by atoms with Crippen LogP contribution in [0.1, 0.15) is 50.3 Å². The minimum absolute atomic E-state index is 0.0544. The third kappa shape index (κ3) is 3.88. The number of pyridine rings is 2. The molecule has 3 heterocycles. The summed E-state index contributed by atoms with van der Waals surface area (Å²) in [5, 5.41) is 7.54. The van der Waals surface area contributed by atoms with Gasteiger partial charge in [0.05, 0.1) is 5.52 Å². The van der Waals surface area contributed by atoms with Crippen LogP contribution in [-0.4, -0.2) is 52.2 Å². The van der Waals surface area contributed by atoms with Gasteiger partial charge in [0.25, 0.3) is 11.5 Å². The van der Waals surface area contributed by atoms with Crippen LogP contribution in [0.2, 0.25) is 0 Å². The Labute approximate surface area is 177 Å². The van der Waals surface area contributed by atoms with Gasteiger partial charge < -0.3 is 9.88 Å². The maximum atomic E-state index is 13.2. The lowest BCUT2D eigenvalue weighted by atomic mass is 9.74. The zero-order valence-corrected chi connectivity index (χ0v) is 18.4. The Morgan fingerprint density at radius 3 is 2.90 bits per heavy atom. The maximum absolute atomic E-state index is 13.2. The fourth-order valence-corrected chi connectivity index (χ4v) is 5.12. The van der Waals surface area contributed by atoms with Crippen LogP contribution in [-0.2, 0) is 11.8 Å². The van der Waals surface area contributed by atoms with E-state index in [9.17, 15) is 9.59 Å². The van der Waals surface area contributed by atoms with E-state index in [1.54, 1.807) is 4.57 Å². The summed E-state index contributed by atoms with van der Waals surface area (Å²) >= 11 is 0. The highest BCUT2D eigenvalue weighted by molar-refractivity contribution is 5.82. The number of hydrogen-bond acceptors (Lipinski definition) is 5. The highest BCUT2D eigenvalue weighted by Crippen LogP contribution is 2.37. The lowest BCUT2D eigenvalue weighted by Gasteiger charge is -2.35. The molecule has 1 aliphatic carbocycles. The van der Waals surface area contributed by atoms with Gasteiger partial charge in [-0.15, -0.1) is 0 Å². The molecule has 7 nitrogen and oxygen atoms in total. The smallest absolute Gasteiger partial charge is 0.254 e. The van der Waals surface area contributed by atoms with Crippen molar-refractivity contribution in [3.8, 4) is 0 Å². The van der Waals surface area contributed by atoms with Gasteiger partial charge in [-0.3, -0.25) is 24.8 Å². The Balaban J connectivity index is 1.57. The van der Waals surface area contributed by atoms with E-state index in [2.05, 4.69) is 34.4 Å². The molecule has 0 radical (unpaired) electrons. The predicted molar refractivity (Wildman–Crippen MR) is 118 cm³/mol. The summed E-state index contributed by atoms with van der Waals surface area (Å²) in [6.45, 7) is 8.84. The molecule has 1 saturated heterocycles. The van der Waals surface area contributed by atoms with Crippen molar-refractivity contribution in [3.63, 3.8) is 0 Å². The molecule has 1 amide bonds. The standard InChI is InChI=1S/C23H33N5O2/c1-5-28-9-8-24-21(28)22(29)26-17-7-6-14(2)18(12-17)19-11-16-13-25-15(3)10-20(16)27(4)23(19)30/h10-11,13-14,17-18,21,24H,5-9,12H2,1-4H3,(H,26,29). The molecule has 2 fully saturated rings. The molecule has 30 heavy (non-hydrogen) atoms. The Bertz CT molecular complexity index is 1000. The van der Waals surface area contributed by atoms with E-state index < -0.39 is 0 Å². The van der Waals surface area contributed by atoms with Crippen molar-refractivity contribution in [2.75, 3.05) is 19.6 Å². The normalized spacial score (nSPS) is 27.5. The van der Waals surface area contributed by atoms with Gasteiger partial charge in [0.1, 0.15) is 6.17 Å². The molecule has 4 rings (SSSR count). The zero-order valence-electron chi connectivity index (χ0n) is 18.4. The number of likely N-dealkylation sites (N-methyl/N-ethyl adjacent to an activating group) is 1. The molecule has 2 N–H and O–H groups in total. The number of rotatable bonds is 4. The average molecular weight is 412 g/mol. The molecule has 2 aromatic heterocycles. The molecule has 162 valence electrons. The van der Waals surface area contributed by atoms with Crippen molar-refractivity contribution in [3.05, 3.63) is 39.9 Å². The summed E-state index contributed by atoms with van der Waals surface area (Å²) in [4.78, 5) is 32.6. The zero-order chi connectivity index (χ0) is 21.4. The lowest BCUT2D eigenvalue weighted by Crippen LogP contribution is -2.52. The van der Waals surface area contributed by atoms with E-state index in [-0.39, 0.29) is 29.6 Å². The largest absolute Gasteiger partial charge is 0.351 e. The molecule has 4 atom stereocenters. The van der Waals surface area contributed by atoms with Crippen molar-refractivity contribution in [1.82, 2.24) is 25.1 Å². The average Bonchev–Trinajstić information content (AvgIpc) is 3.22. The van der Waals surface area contributed by atoms with Crippen LogP contribution < -0.4 is 16.2 Å². The van der Waals surface area contributed by atoms with Gasteiger partial charge in [-0.05, 0) is 56.7 Å². The Morgan fingerprint density at radius 1 is 1.33 bits per heavy atom. The molecular weight excluding hydrogens is 378 g/mol. The highest BCUT2D eigenvalue weighted by Gasteiger charge is 2.35. The monoisotopic (exact) mass is 411 g/mol. The number of aromatic nitrogens is 2. The van der Waals surface area contributed by atoms with Crippen LogP contribution in [0.25, 0.3) is 10.9 Å². The van der Waals surface area contributed by atoms with Gasteiger partial charge >= 0.3 is 0 Å². The molecule has 2 aromatic rings. The number of hydrogen-bond donors (Lipinski definition) is 2. The van der Waals surface area contributed by atoms with Crippen LogP contribution in [0, 0.1) is 12.8 Å². The van der Waals surface area contributed by atoms with Crippen molar-refractivity contribution in [1.29, 1.82) is 0 Å². The summed E-state index contributed by atoms with van der Waals surface area (Å²) in [5.74, 6) is 0.587. The van der Waals surface area contributed by atoms with Gasteiger partial charge in [0.2, 0.25) is 0 Å². The second-order valence-electron chi connectivity index (χ2n) is 8.94. The van der Waals surface area contributed by atoms with Crippen molar-refractivity contribution < 1.29 is 4.79 Å². The van der Waals surface area contributed by atoms with Crippen LogP contribution in [0.4, 0.5) is 0 Å². The molecule has 0 bridgehead atoms. The maximum Gasteiger partial charge on any atom is 0.254 e. The minimum Gasteiger partial charge on any atom is -0.351 e. The third-order valence-electron chi connectivity index (χ3n) is 6.97. The van der Waals surface area contributed by atoms with E-state index in [1.807, 2.05) is 32.3 Å². The van der Waals surface area contributed by atoms with E-state index in [0.29, 0.717) is 5.92 Å². The number of amides is 1. The molecule has 1 saturated carbocycles. The van der Waals surface area contributed by atoms with Gasteiger partial charge in [0, 0.05) is 49.0 Å².